The van der Waals surface area contributed by atoms with Crippen molar-refractivity contribution in [1.29, 1.82) is 0 Å². The molecule has 4 rings (SSSR count). The van der Waals surface area contributed by atoms with Gasteiger partial charge in [-0.2, -0.15) is 0 Å². The monoisotopic (exact) mass is 392 g/mol. The molecule has 0 saturated heterocycles. The standard InChI is InChI=1S/C23H33ClO3/c1-4-9-27-20-8-7-17-16-6-5-15-10-18(25)14(13-24)11-22(15,2)21(16)19(26)12-23(17,20)3/h10-11,16-17,19-21,26H,4-9,12-13H2,1-3H3/t16-,17-,19-,20+,21+,22-,23-/m0/s1. The van der Waals surface area contributed by atoms with Crippen molar-refractivity contribution in [3.05, 3.63) is 23.3 Å². The molecule has 0 heterocycles. The maximum Gasteiger partial charge on any atom is 0.182 e. The van der Waals surface area contributed by atoms with Crippen LogP contribution in [-0.2, 0) is 9.53 Å². The van der Waals surface area contributed by atoms with Crippen molar-refractivity contribution in [3.63, 3.8) is 0 Å². The Morgan fingerprint density at radius 1 is 1.30 bits per heavy atom. The van der Waals surface area contributed by atoms with Crippen molar-refractivity contribution in [1.82, 2.24) is 0 Å². The van der Waals surface area contributed by atoms with Crippen LogP contribution in [0.2, 0.25) is 0 Å². The normalized spacial score (nSPS) is 46.3. The molecule has 0 unspecified atom stereocenters. The van der Waals surface area contributed by atoms with Gasteiger partial charge in [-0.25, -0.2) is 0 Å². The summed E-state index contributed by atoms with van der Waals surface area (Å²) in [7, 11) is 0. The number of alkyl halides is 1. The van der Waals surface area contributed by atoms with Gasteiger partial charge in [0.05, 0.1) is 18.1 Å². The van der Waals surface area contributed by atoms with Crippen LogP contribution in [0.25, 0.3) is 0 Å². The summed E-state index contributed by atoms with van der Waals surface area (Å²) < 4.78 is 6.24. The summed E-state index contributed by atoms with van der Waals surface area (Å²) in [5.41, 5.74) is 1.71. The summed E-state index contributed by atoms with van der Waals surface area (Å²) in [5.74, 6) is 1.56. The number of rotatable bonds is 4. The predicted octanol–water partition coefficient (Wildman–Crippen LogP) is 4.67. The summed E-state index contributed by atoms with van der Waals surface area (Å²) in [5, 5.41) is 11.4. The van der Waals surface area contributed by atoms with Gasteiger partial charge in [0.1, 0.15) is 0 Å². The smallest absolute Gasteiger partial charge is 0.182 e. The number of ether oxygens (including phenoxy) is 1. The van der Waals surface area contributed by atoms with E-state index in [2.05, 4.69) is 26.8 Å². The average molecular weight is 393 g/mol. The maximum absolute atomic E-state index is 12.3. The van der Waals surface area contributed by atoms with Crippen LogP contribution in [0.5, 0.6) is 0 Å². The lowest BCUT2D eigenvalue weighted by Gasteiger charge is -2.58. The van der Waals surface area contributed by atoms with Crippen LogP contribution in [0.4, 0.5) is 0 Å². The third-order valence-corrected chi connectivity index (χ3v) is 8.55. The molecule has 0 amide bonds. The molecule has 3 saturated carbocycles. The number of aliphatic hydroxyl groups is 1. The first-order valence-electron chi connectivity index (χ1n) is 10.7. The zero-order valence-corrected chi connectivity index (χ0v) is 17.6. The van der Waals surface area contributed by atoms with Gasteiger partial charge < -0.3 is 9.84 Å². The van der Waals surface area contributed by atoms with Crippen LogP contribution in [-0.4, -0.2) is 35.6 Å². The van der Waals surface area contributed by atoms with Gasteiger partial charge in [-0.3, -0.25) is 4.79 Å². The van der Waals surface area contributed by atoms with Gasteiger partial charge in [0.25, 0.3) is 0 Å². The minimum absolute atomic E-state index is 0.0555. The van der Waals surface area contributed by atoms with Crippen molar-refractivity contribution in [2.45, 2.75) is 71.5 Å². The molecule has 4 aliphatic rings. The molecule has 0 spiro atoms. The van der Waals surface area contributed by atoms with Crippen molar-refractivity contribution >= 4 is 17.4 Å². The lowest BCUT2D eigenvalue weighted by Crippen LogP contribution is -2.57. The fourth-order valence-electron chi connectivity index (χ4n) is 7.10. The highest BCUT2D eigenvalue weighted by Gasteiger charge is 2.62. The predicted molar refractivity (Wildman–Crippen MR) is 108 cm³/mol. The molecule has 0 bridgehead atoms. The first kappa shape index (κ1) is 19.7. The molecule has 1 N–H and O–H groups in total. The zero-order chi connectivity index (χ0) is 19.4. The quantitative estimate of drug-likeness (QED) is 0.707. The van der Waals surface area contributed by atoms with Crippen LogP contribution >= 0.6 is 11.6 Å². The third kappa shape index (κ3) is 2.88. The van der Waals surface area contributed by atoms with E-state index < -0.39 is 0 Å². The van der Waals surface area contributed by atoms with E-state index >= 15 is 0 Å². The Morgan fingerprint density at radius 2 is 2.07 bits per heavy atom. The molecule has 0 aromatic heterocycles. The minimum atomic E-state index is -0.364. The molecule has 3 fully saturated rings. The van der Waals surface area contributed by atoms with E-state index in [1.54, 1.807) is 0 Å². The van der Waals surface area contributed by atoms with Gasteiger partial charge in [0, 0.05) is 23.5 Å². The Bertz CT molecular complexity index is 683. The van der Waals surface area contributed by atoms with E-state index in [-0.39, 0.29) is 40.6 Å². The van der Waals surface area contributed by atoms with Crippen LogP contribution in [0, 0.1) is 28.6 Å². The summed E-state index contributed by atoms with van der Waals surface area (Å²) >= 11 is 6.06. The lowest BCUT2D eigenvalue weighted by atomic mass is 9.47. The summed E-state index contributed by atoms with van der Waals surface area (Å²) in [6.45, 7) is 7.54. The van der Waals surface area contributed by atoms with Crippen LogP contribution < -0.4 is 0 Å². The molecule has 3 nitrogen and oxygen atoms in total. The van der Waals surface area contributed by atoms with E-state index in [9.17, 15) is 9.90 Å². The first-order chi connectivity index (χ1) is 12.8. The second-order valence-corrected chi connectivity index (χ2v) is 9.94. The second-order valence-electron chi connectivity index (χ2n) is 9.67. The molecule has 0 aromatic rings. The number of fused-ring (bicyclic) bond motifs is 5. The van der Waals surface area contributed by atoms with Crippen molar-refractivity contribution in [3.8, 4) is 0 Å². The molecule has 4 aliphatic carbocycles. The number of aliphatic hydroxyl groups excluding tert-OH is 1. The molecule has 27 heavy (non-hydrogen) atoms. The van der Waals surface area contributed by atoms with Crippen LogP contribution in [0.3, 0.4) is 0 Å². The van der Waals surface area contributed by atoms with Gasteiger partial charge >= 0.3 is 0 Å². The Morgan fingerprint density at radius 3 is 2.78 bits per heavy atom. The molecule has 0 radical (unpaired) electrons. The first-order valence-corrected chi connectivity index (χ1v) is 11.2. The molecule has 4 heteroatoms. The van der Waals surface area contributed by atoms with Gasteiger partial charge in [0.15, 0.2) is 5.78 Å². The highest BCUT2D eigenvalue weighted by atomic mass is 35.5. The van der Waals surface area contributed by atoms with Gasteiger partial charge in [-0.1, -0.05) is 32.4 Å². The Kier molecular flexibility index (Phi) is 5.10. The second kappa shape index (κ2) is 7.00. The van der Waals surface area contributed by atoms with Gasteiger partial charge in [0.2, 0.25) is 0 Å². The fraction of sp³-hybridized carbons (Fsp3) is 0.783. The van der Waals surface area contributed by atoms with Gasteiger partial charge in [-0.15, -0.1) is 11.6 Å². The largest absolute Gasteiger partial charge is 0.393 e. The van der Waals surface area contributed by atoms with Gasteiger partial charge in [-0.05, 0) is 61.9 Å². The highest BCUT2D eigenvalue weighted by molar-refractivity contribution is 6.24. The summed E-state index contributed by atoms with van der Waals surface area (Å²) in [6.07, 6.45) is 9.98. The van der Waals surface area contributed by atoms with E-state index in [0.29, 0.717) is 17.4 Å². The number of halogens is 1. The Balaban J connectivity index is 1.68. The number of carbonyl (C=O) groups is 1. The van der Waals surface area contributed by atoms with Crippen LogP contribution in [0.15, 0.2) is 23.3 Å². The molecular weight excluding hydrogens is 360 g/mol. The maximum atomic E-state index is 12.3. The van der Waals surface area contributed by atoms with E-state index in [1.807, 2.05) is 6.08 Å². The lowest BCUT2D eigenvalue weighted by molar-refractivity contribution is -0.140. The average Bonchev–Trinajstić information content (AvgIpc) is 2.95. The van der Waals surface area contributed by atoms with E-state index in [4.69, 9.17) is 16.3 Å². The minimum Gasteiger partial charge on any atom is -0.393 e. The Hall–Kier alpha value is -0.640. The molecular formula is C23H33ClO3. The zero-order valence-electron chi connectivity index (χ0n) is 16.8. The van der Waals surface area contributed by atoms with Crippen LogP contribution in [0.1, 0.15) is 59.3 Å². The third-order valence-electron chi connectivity index (χ3n) is 8.26. The highest BCUT2D eigenvalue weighted by Crippen LogP contribution is 2.65. The molecule has 150 valence electrons. The molecule has 7 atom stereocenters. The molecule has 0 aromatic carbocycles. The van der Waals surface area contributed by atoms with Crippen molar-refractivity contribution in [2.75, 3.05) is 12.5 Å². The number of allylic oxidation sites excluding steroid dienone is 4. The number of hydrogen-bond donors (Lipinski definition) is 1. The summed E-state index contributed by atoms with van der Waals surface area (Å²) in [4.78, 5) is 12.3. The van der Waals surface area contributed by atoms with E-state index in [0.717, 1.165) is 38.7 Å². The number of hydrogen-bond acceptors (Lipinski definition) is 3. The van der Waals surface area contributed by atoms with Crippen molar-refractivity contribution < 1.29 is 14.6 Å². The van der Waals surface area contributed by atoms with E-state index in [1.165, 1.54) is 12.0 Å². The number of carbonyl (C=O) groups excluding carboxylic acids is 1. The Labute approximate surface area is 168 Å². The fourth-order valence-corrected chi connectivity index (χ4v) is 7.31. The number of ketones is 1. The molecule has 0 aliphatic heterocycles. The SMILES string of the molecule is CCCO[C@@H]1CC[C@H]2[C@@H]3CCC4=CC(=O)C(CCl)=C[C@]4(C)[C@H]3[C@@H](O)C[C@]12C. The topological polar surface area (TPSA) is 46.5 Å². The summed E-state index contributed by atoms with van der Waals surface area (Å²) in [6, 6.07) is 0. The van der Waals surface area contributed by atoms with Crippen molar-refractivity contribution in [2.24, 2.45) is 28.6 Å².